The van der Waals surface area contributed by atoms with Gasteiger partial charge in [-0.1, -0.05) is 6.92 Å². The fraction of sp³-hybridized carbons (Fsp3) is 1.00. The zero-order valence-corrected chi connectivity index (χ0v) is 10.9. The van der Waals surface area contributed by atoms with Crippen LogP contribution in [0.25, 0.3) is 0 Å². The molecule has 16 heavy (non-hydrogen) atoms. The summed E-state index contributed by atoms with van der Waals surface area (Å²) < 4.78 is 11.2. The molecular formula is C12H26N2O2. The van der Waals surface area contributed by atoms with Gasteiger partial charge < -0.3 is 14.8 Å². The summed E-state index contributed by atoms with van der Waals surface area (Å²) in [5.74, 6) is 0. The minimum atomic E-state index is 0.323. The van der Waals surface area contributed by atoms with Gasteiger partial charge in [-0.2, -0.15) is 0 Å². The van der Waals surface area contributed by atoms with Gasteiger partial charge in [0, 0.05) is 26.2 Å². The minimum Gasteiger partial charge on any atom is -0.377 e. The second kappa shape index (κ2) is 8.01. The van der Waals surface area contributed by atoms with Crippen molar-refractivity contribution in [1.29, 1.82) is 0 Å². The lowest BCUT2D eigenvalue weighted by Crippen LogP contribution is -2.46. The minimum absolute atomic E-state index is 0.323. The average molecular weight is 230 g/mol. The molecule has 0 saturated carbocycles. The van der Waals surface area contributed by atoms with Gasteiger partial charge in [-0.15, -0.1) is 0 Å². The van der Waals surface area contributed by atoms with Crippen molar-refractivity contribution < 1.29 is 9.47 Å². The van der Waals surface area contributed by atoms with Crippen LogP contribution in [0.5, 0.6) is 0 Å². The van der Waals surface area contributed by atoms with E-state index in [-0.39, 0.29) is 0 Å². The summed E-state index contributed by atoms with van der Waals surface area (Å²) in [6.45, 7) is 13.0. The molecule has 1 fully saturated rings. The Kier molecular flexibility index (Phi) is 6.96. The SMILES string of the molecule is CCN1CCOC(CNCCOC(C)C)C1. The second-order valence-corrected chi connectivity index (χ2v) is 4.51. The first kappa shape index (κ1) is 13.9. The average Bonchev–Trinajstić information content (AvgIpc) is 2.28. The number of likely N-dealkylation sites (N-methyl/N-ethyl adjacent to an activating group) is 1. The molecular weight excluding hydrogens is 204 g/mol. The molecule has 1 aliphatic heterocycles. The molecule has 0 aliphatic carbocycles. The van der Waals surface area contributed by atoms with Crippen molar-refractivity contribution >= 4 is 0 Å². The number of nitrogens with one attached hydrogen (secondary N) is 1. The highest BCUT2D eigenvalue weighted by atomic mass is 16.5. The largest absolute Gasteiger partial charge is 0.377 e. The van der Waals surface area contributed by atoms with E-state index in [9.17, 15) is 0 Å². The van der Waals surface area contributed by atoms with Gasteiger partial charge in [0.2, 0.25) is 0 Å². The summed E-state index contributed by atoms with van der Waals surface area (Å²) in [4.78, 5) is 2.43. The lowest BCUT2D eigenvalue weighted by molar-refractivity contribution is -0.0261. The van der Waals surface area contributed by atoms with Crippen LogP contribution in [0.2, 0.25) is 0 Å². The van der Waals surface area contributed by atoms with E-state index >= 15 is 0 Å². The molecule has 4 heteroatoms. The third kappa shape index (κ3) is 5.80. The molecule has 1 heterocycles. The number of ether oxygens (including phenoxy) is 2. The molecule has 1 unspecified atom stereocenters. The van der Waals surface area contributed by atoms with Gasteiger partial charge in [-0.25, -0.2) is 0 Å². The Morgan fingerprint density at radius 1 is 1.50 bits per heavy atom. The van der Waals surface area contributed by atoms with Crippen molar-refractivity contribution in [2.75, 3.05) is 45.9 Å². The Balaban J connectivity index is 1.99. The summed E-state index contributed by atoms with van der Waals surface area (Å²) in [6, 6.07) is 0. The molecule has 1 aliphatic rings. The Labute approximate surface area is 99.3 Å². The summed E-state index contributed by atoms with van der Waals surface area (Å²) in [7, 11) is 0. The summed E-state index contributed by atoms with van der Waals surface area (Å²) in [5.41, 5.74) is 0. The molecule has 1 saturated heterocycles. The van der Waals surface area contributed by atoms with E-state index in [0.717, 1.165) is 45.9 Å². The molecule has 0 spiro atoms. The van der Waals surface area contributed by atoms with Crippen LogP contribution < -0.4 is 5.32 Å². The van der Waals surface area contributed by atoms with E-state index < -0.39 is 0 Å². The van der Waals surface area contributed by atoms with E-state index in [1.165, 1.54) is 0 Å². The Bertz CT molecular complexity index is 176. The molecule has 1 rings (SSSR count). The highest BCUT2D eigenvalue weighted by molar-refractivity contribution is 4.72. The van der Waals surface area contributed by atoms with Gasteiger partial charge in [0.15, 0.2) is 0 Å². The van der Waals surface area contributed by atoms with Crippen LogP contribution in [-0.4, -0.2) is 63.0 Å². The third-order valence-electron chi connectivity index (χ3n) is 2.77. The van der Waals surface area contributed by atoms with Crippen LogP contribution in [0.3, 0.4) is 0 Å². The fourth-order valence-corrected chi connectivity index (χ4v) is 1.82. The van der Waals surface area contributed by atoms with Crippen molar-refractivity contribution in [2.45, 2.75) is 33.0 Å². The van der Waals surface area contributed by atoms with E-state index in [1.54, 1.807) is 0 Å². The number of nitrogens with zero attached hydrogens (tertiary/aromatic N) is 1. The molecule has 0 amide bonds. The third-order valence-corrected chi connectivity index (χ3v) is 2.77. The first-order valence-electron chi connectivity index (χ1n) is 6.38. The first-order valence-corrected chi connectivity index (χ1v) is 6.38. The number of hydrogen-bond acceptors (Lipinski definition) is 4. The molecule has 1 N–H and O–H groups in total. The van der Waals surface area contributed by atoms with Gasteiger partial charge in [0.05, 0.1) is 25.4 Å². The molecule has 0 radical (unpaired) electrons. The Morgan fingerprint density at radius 3 is 3.00 bits per heavy atom. The van der Waals surface area contributed by atoms with Gasteiger partial charge in [-0.3, -0.25) is 4.90 Å². The fourth-order valence-electron chi connectivity index (χ4n) is 1.82. The molecule has 96 valence electrons. The maximum atomic E-state index is 5.69. The quantitative estimate of drug-likeness (QED) is 0.654. The molecule has 0 aromatic rings. The highest BCUT2D eigenvalue weighted by Crippen LogP contribution is 2.03. The number of rotatable bonds is 7. The summed E-state index contributed by atoms with van der Waals surface area (Å²) >= 11 is 0. The lowest BCUT2D eigenvalue weighted by Gasteiger charge is -2.32. The van der Waals surface area contributed by atoms with Crippen molar-refractivity contribution in [3.63, 3.8) is 0 Å². The first-order chi connectivity index (χ1) is 7.72. The second-order valence-electron chi connectivity index (χ2n) is 4.51. The molecule has 0 bridgehead atoms. The maximum Gasteiger partial charge on any atom is 0.0826 e. The predicted octanol–water partition coefficient (Wildman–Crippen LogP) is 0.722. The van der Waals surface area contributed by atoms with Crippen LogP contribution in [0, 0.1) is 0 Å². The van der Waals surface area contributed by atoms with E-state index in [0.29, 0.717) is 12.2 Å². The topological polar surface area (TPSA) is 33.7 Å². The van der Waals surface area contributed by atoms with Gasteiger partial charge in [-0.05, 0) is 20.4 Å². The molecule has 1 atom stereocenters. The Morgan fingerprint density at radius 2 is 2.31 bits per heavy atom. The molecule has 0 aromatic carbocycles. The molecule has 0 aromatic heterocycles. The van der Waals surface area contributed by atoms with Crippen LogP contribution in [0.4, 0.5) is 0 Å². The molecule has 4 nitrogen and oxygen atoms in total. The smallest absolute Gasteiger partial charge is 0.0826 e. The van der Waals surface area contributed by atoms with E-state index in [1.807, 2.05) is 0 Å². The zero-order valence-electron chi connectivity index (χ0n) is 10.9. The van der Waals surface area contributed by atoms with Crippen molar-refractivity contribution in [2.24, 2.45) is 0 Å². The normalized spacial score (nSPS) is 22.9. The van der Waals surface area contributed by atoms with Crippen molar-refractivity contribution in [1.82, 2.24) is 10.2 Å². The zero-order chi connectivity index (χ0) is 11.8. The lowest BCUT2D eigenvalue weighted by atomic mass is 10.2. The highest BCUT2D eigenvalue weighted by Gasteiger charge is 2.18. The number of morpholine rings is 1. The standard InChI is InChI=1S/C12H26N2O2/c1-4-14-6-8-16-12(10-14)9-13-5-7-15-11(2)3/h11-13H,4-10H2,1-3H3. The van der Waals surface area contributed by atoms with Gasteiger partial charge >= 0.3 is 0 Å². The van der Waals surface area contributed by atoms with Gasteiger partial charge in [0.1, 0.15) is 0 Å². The summed E-state index contributed by atoms with van der Waals surface area (Å²) in [5, 5.41) is 3.38. The monoisotopic (exact) mass is 230 g/mol. The van der Waals surface area contributed by atoms with Crippen LogP contribution in [0.1, 0.15) is 20.8 Å². The van der Waals surface area contributed by atoms with Crippen molar-refractivity contribution in [3.05, 3.63) is 0 Å². The van der Waals surface area contributed by atoms with E-state index in [2.05, 4.69) is 31.0 Å². The maximum absolute atomic E-state index is 5.69. The van der Waals surface area contributed by atoms with Crippen LogP contribution in [0.15, 0.2) is 0 Å². The summed E-state index contributed by atoms with van der Waals surface area (Å²) in [6.07, 6.45) is 0.663. The number of hydrogen-bond donors (Lipinski definition) is 1. The Hall–Kier alpha value is -0.160. The van der Waals surface area contributed by atoms with Gasteiger partial charge in [0.25, 0.3) is 0 Å². The van der Waals surface area contributed by atoms with Crippen LogP contribution in [-0.2, 0) is 9.47 Å². The van der Waals surface area contributed by atoms with Crippen molar-refractivity contribution in [3.8, 4) is 0 Å². The predicted molar refractivity (Wildman–Crippen MR) is 65.8 cm³/mol. The van der Waals surface area contributed by atoms with E-state index in [4.69, 9.17) is 9.47 Å². The van der Waals surface area contributed by atoms with Crippen LogP contribution >= 0.6 is 0 Å².